The number of carbonyl (C=O) groups excluding carboxylic acids is 1. The molecule has 0 bridgehead atoms. The number of unbranched alkanes of at least 4 members (excludes halogenated alkanes) is 7. The average molecular weight is 430 g/mol. The zero-order chi connectivity index (χ0) is 22.9. The molecule has 8 nitrogen and oxygen atoms in total. The number of anilines is 2. The number of carbonyl (C=O) groups is 1. The first kappa shape index (κ1) is 25.9. The standard InChI is InChI=1S/C23H35N5O3/c1-4-6-8-9-10-11-12-14-16-31-23(30)26-22-20(29)17-19(21(24)25-22)28-27-18(3)15-13-7-5-2/h5,7,13,15,17,29H,2,4,6,8-12,14,16H2,1,3H3,(H3,24,25,26,30)/b13-7-,18-15+,28-27?. The van der Waals surface area contributed by atoms with Gasteiger partial charge in [0.25, 0.3) is 0 Å². The first-order chi connectivity index (χ1) is 15.0. The van der Waals surface area contributed by atoms with Crippen LogP contribution in [0.25, 0.3) is 0 Å². The molecule has 1 amide bonds. The number of nitrogens with one attached hydrogen (secondary N) is 1. The molecule has 0 fully saturated rings. The van der Waals surface area contributed by atoms with Gasteiger partial charge in [-0.15, -0.1) is 5.11 Å². The SMILES string of the molecule is C=C/C=C\C=C(/C)N=Nc1cc(O)c(NC(=O)OCCCCCCCCCC)nc1N. The second-order valence-electron chi connectivity index (χ2n) is 7.12. The second kappa shape index (κ2) is 15.6. The number of rotatable bonds is 14. The summed E-state index contributed by atoms with van der Waals surface area (Å²) < 4.78 is 5.14. The number of ether oxygens (including phenoxy) is 1. The van der Waals surface area contributed by atoms with Crippen molar-refractivity contribution in [1.82, 2.24) is 4.98 Å². The number of hydrogen-bond acceptors (Lipinski definition) is 7. The Morgan fingerprint density at radius 2 is 1.90 bits per heavy atom. The number of amides is 1. The summed E-state index contributed by atoms with van der Waals surface area (Å²) in [6.45, 7) is 7.86. The molecule has 1 aromatic heterocycles. The number of aromatic nitrogens is 1. The number of nitrogens with zero attached hydrogens (tertiary/aromatic N) is 3. The van der Waals surface area contributed by atoms with Crippen LogP contribution in [0.3, 0.4) is 0 Å². The highest BCUT2D eigenvalue weighted by Gasteiger charge is 2.12. The molecule has 0 saturated carbocycles. The fraction of sp³-hybridized carbons (Fsp3) is 0.478. The van der Waals surface area contributed by atoms with Crippen LogP contribution in [0, 0.1) is 0 Å². The summed E-state index contributed by atoms with van der Waals surface area (Å²) in [7, 11) is 0. The van der Waals surface area contributed by atoms with Crippen molar-refractivity contribution in [2.75, 3.05) is 17.7 Å². The maximum atomic E-state index is 11.9. The van der Waals surface area contributed by atoms with E-state index in [1.807, 2.05) is 0 Å². The zero-order valence-electron chi connectivity index (χ0n) is 18.6. The van der Waals surface area contributed by atoms with Gasteiger partial charge in [-0.05, 0) is 19.4 Å². The van der Waals surface area contributed by atoms with Gasteiger partial charge in [0.05, 0.1) is 12.3 Å². The molecule has 0 unspecified atom stereocenters. The predicted molar refractivity (Wildman–Crippen MR) is 126 cm³/mol. The van der Waals surface area contributed by atoms with E-state index in [0.717, 1.165) is 19.3 Å². The molecule has 31 heavy (non-hydrogen) atoms. The van der Waals surface area contributed by atoms with Crippen molar-refractivity contribution in [3.8, 4) is 5.75 Å². The molecule has 0 aliphatic carbocycles. The van der Waals surface area contributed by atoms with Crippen LogP contribution in [0.4, 0.5) is 22.1 Å². The fourth-order valence-corrected chi connectivity index (χ4v) is 2.65. The quantitative estimate of drug-likeness (QED) is 0.171. The lowest BCUT2D eigenvalue weighted by Crippen LogP contribution is -2.15. The molecule has 0 radical (unpaired) electrons. The van der Waals surface area contributed by atoms with Gasteiger partial charge in [-0.25, -0.2) is 9.78 Å². The van der Waals surface area contributed by atoms with Gasteiger partial charge in [0.2, 0.25) is 0 Å². The van der Waals surface area contributed by atoms with Crippen molar-refractivity contribution in [1.29, 1.82) is 0 Å². The maximum absolute atomic E-state index is 11.9. The summed E-state index contributed by atoms with van der Waals surface area (Å²) in [5.41, 5.74) is 6.68. The number of hydrogen-bond donors (Lipinski definition) is 3. The molecular formula is C23H35N5O3. The maximum Gasteiger partial charge on any atom is 0.412 e. The number of pyridine rings is 1. The van der Waals surface area contributed by atoms with Gasteiger partial charge in [0, 0.05) is 6.07 Å². The average Bonchev–Trinajstić information content (AvgIpc) is 2.74. The van der Waals surface area contributed by atoms with E-state index in [1.165, 1.54) is 38.2 Å². The smallest absolute Gasteiger partial charge is 0.412 e. The first-order valence-corrected chi connectivity index (χ1v) is 10.8. The third-order valence-corrected chi connectivity index (χ3v) is 4.36. The summed E-state index contributed by atoms with van der Waals surface area (Å²) in [6, 6.07) is 1.28. The van der Waals surface area contributed by atoms with Gasteiger partial charge >= 0.3 is 6.09 Å². The van der Waals surface area contributed by atoms with E-state index in [1.54, 1.807) is 31.2 Å². The first-order valence-electron chi connectivity index (χ1n) is 10.8. The molecular weight excluding hydrogens is 394 g/mol. The number of nitrogen functional groups attached to an aromatic ring is 1. The molecule has 0 aliphatic heterocycles. The lowest BCUT2D eigenvalue weighted by Gasteiger charge is -2.09. The Kier molecular flexibility index (Phi) is 13.1. The number of azo groups is 1. The summed E-state index contributed by atoms with van der Waals surface area (Å²) in [6.07, 6.45) is 15.5. The van der Waals surface area contributed by atoms with Crippen LogP contribution in [0.5, 0.6) is 5.75 Å². The normalized spacial score (nSPS) is 11.9. The summed E-state index contributed by atoms with van der Waals surface area (Å²) in [4.78, 5) is 15.9. The summed E-state index contributed by atoms with van der Waals surface area (Å²) >= 11 is 0. The molecule has 0 aliphatic rings. The van der Waals surface area contributed by atoms with E-state index in [4.69, 9.17) is 10.5 Å². The Morgan fingerprint density at radius 1 is 1.23 bits per heavy atom. The van der Waals surface area contributed by atoms with Gasteiger partial charge in [-0.3, -0.25) is 5.32 Å². The molecule has 1 rings (SSSR count). The largest absolute Gasteiger partial charge is 0.504 e. The van der Waals surface area contributed by atoms with Gasteiger partial charge in [-0.2, -0.15) is 5.11 Å². The van der Waals surface area contributed by atoms with E-state index in [9.17, 15) is 9.90 Å². The molecule has 4 N–H and O–H groups in total. The van der Waals surface area contributed by atoms with Crippen LogP contribution < -0.4 is 11.1 Å². The van der Waals surface area contributed by atoms with E-state index >= 15 is 0 Å². The number of nitrogens with two attached hydrogens (primary N) is 1. The Bertz CT molecular complexity index is 788. The van der Waals surface area contributed by atoms with Crippen molar-refractivity contribution in [3.05, 3.63) is 42.6 Å². The number of aromatic hydroxyl groups is 1. The highest BCUT2D eigenvalue weighted by molar-refractivity contribution is 5.86. The second-order valence-corrected chi connectivity index (χ2v) is 7.12. The highest BCUT2D eigenvalue weighted by atomic mass is 16.5. The van der Waals surface area contributed by atoms with Crippen LogP contribution in [0.1, 0.15) is 65.2 Å². The van der Waals surface area contributed by atoms with E-state index in [-0.39, 0.29) is 23.1 Å². The molecule has 0 saturated heterocycles. The lowest BCUT2D eigenvalue weighted by molar-refractivity contribution is 0.159. The Balaban J connectivity index is 2.45. The van der Waals surface area contributed by atoms with Crippen molar-refractivity contribution in [2.24, 2.45) is 10.2 Å². The summed E-state index contributed by atoms with van der Waals surface area (Å²) in [5.74, 6) is -0.340. The van der Waals surface area contributed by atoms with Crippen molar-refractivity contribution in [2.45, 2.75) is 65.2 Å². The Hall–Kier alpha value is -3.16. The molecule has 170 valence electrons. The van der Waals surface area contributed by atoms with E-state index < -0.39 is 6.09 Å². The van der Waals surface area contributed by atoms with Crippen LogP contribution in [-0.2, 0) is 4.74 Å². The predicted octanol–water partition coefficient (Wildman–Crippen LogP) is 6.79. The van der Waals surface area contributed by atoms with Crippen LogP contribution in [-0.4, -0.2) is 22.8 Å². The van der Waals surface area contributed by atoms with Crippen LogP contribution in [0.2, 0.25) is 0 Å². The minimum Gasteiger partial charge on any atom is -0.504 e. The van der Waals surface area contributed by atoms with Crippen LogP contribution >= 0.6 is 0 Å². The topological polar surface area (TPSA) is 122 Å². The Morgan fingerprint density at radius 3 is 2.58 bits per heavy atom. The molecule has 0 spiro atoms. The van der Waals surface area contributed by atoms with E-state index in [0.29, 0.717) is 12.3 Å². The van der Waals surface area contributed by atoms with Crippen LogP contribution in [0.15, 0.2) is 52.9 Å². The van der Waals surface area contributed by atoms with Crippen molar-refractivity contribution >= 4 is 23.4 Å². The third-order valence-electron chi connectivity index (χ3n) is 4.36. The Labute approximate surface area is 185 Å². The lowest BCUT2D eigenvalue weighted by atomic mass is 10.1. The molecule has 1 heterocycles. The van der Waals surface area contributed by atoms with Crippen molar-refractivity contribution < 1.29 is 14.6 Å². The van der Waals surface area contributed by atoms with Gasteiger partial charge in [0.1, 0.15) is 5.69 Å². The molecule has 1 aromatic rings. The minimum absolute atomic E-state index is 0.0226. The van der Waals surface area contributed by atoms with E-state index in [2.05, 4.69) is 34.0 Å². The summed E-state index contributed by atoms with van der Waals surface area (Å²) in [5, 5.41) is 20.5. The van der Waals surface area contributed by atoms with Crippen molar-refractivity contribution in [3.63, 3.8) is 0 Å². The number of allylic oxidation sites excluding steroid dienone is 5. The highest BCUT2D eigenvalue weighted by Crippen LogP contribution is 2.31. The van der Waals surface area contributed by atoms with Gasteiger partial charge in [-0.1, -0.05) is 76.7 Å². The molecule has 0 aromatic carbocycles. The van der Waals surface area contributed by atoms with Gasteiger partial charge in [0.15, 0.2) is 17.4 Å². The monoisotopic (exact) mass is 429 g/mol. The fourth-order valence-electron chi connectivity index (χ4n) is 2.65. The third kappa shape index (κ3) is 11.6. The zero-order valence-corrected chi connectivity index (χ0v) is 18.6. The minimum atomic E-state index is -0.688. The van der Waals surface area contributed by atoms with Gasteiger partial charge < -0.3 is 15.6 Å². The molecule has 0 atom stereocenters. The molecule has 8 heteroatoms.